The number of hydrogen-bond donors (Lipinski definition) is 0. The molecule has 0 amide bonds. The molecule has 0 bridgehead atoms. The largest absolute Gasteiger partial charge is 0.147 e. The predicted octanol–water partition coefficient (Wildman–Crippen LogP) is 4.08. The third kappa shape index (κ3) is 2.15. The van der Waals surface area contributed by atoms with Crippen LogP contribution in [0.25, 0.3) is 11.1 Å². The molecule has 0 aliphatic heterocycles. The monoisotopic (exact) mass is 204 g/mol. The third-order valence-electron chi connectivity index (χ3n) is 2.23. The summed E-state index contributed by atoms with van der Waals surface area (Å²) in [6.45, 7) is 2.14. The number of rotatable bonds is 1. The Bertz CT molecular complexity index is 393. The van der Waals surface area contributed by atoms with Crippen LogP contribution in [0.15, 0.2) is 54.6 Å². The molecule has 0 aliphatic carbocycles. The van der Waals surface area contributed by atoms with E-state index in [1.807, 2.05) is 6.07 Å². The first-order valence-corrected chi connectivity index (χ1v) is 4.49. The summed E-state index contributed by atoms with van der Waals surface area (Å²) >= 11 is 0. The molecule has 1 heteroatoms. The van der Waals surface area contributed by atoms with E-state index >= 15 is 0 Å². The Kier molecular flexibility index (Phi) is 3.73. The van der Waals surface area contributed by atoms with E-state index < -0.39 is 0 Å². The molecule has 0 fully saturated rings. The highest BCUT2D eigenvalue weighted by Gasteiger charge is 1.97. The molecule has 0 N–H and O–H groups in total. The van der Waals surface area contributed by atoms with Gasteiger partial charge in [-0.2, -0.15) is 0 Å². The van der Waals surface area contributed by atoms with Gasteiger partial charge >= 0.3 is 0 Å². The summed E-state index contributed by atoms with van der Waals surface area (Å²) in [6, 6.07) is 18.9. The van der Waals surface area contributed by atoms with Crippen LogP contribution in [0.4, 0.5) is 0 Å². The Morgan fingerprint density at radius 1 is 0.714 bits per heavy atom. The molecule has 0 atom stereocenters. The van der Waals surface area contributed by atoms with Crippen LogP contribution in [0.1, 0.15) is 5.56 Å². The molecule has 0 saturated heterocycles. The van der Waals surface area contributed by atoms with Crippen molar-refractivity contribution in [1.82, 2.24) is 0 Å². The summed E-state index contributed by atoms with van der Waals surface area (Å²) in [5.74, 6) is 0. The van der Waals surface area contributed by atoms with Gasteiger partial charge in [0.25, 0.3) is 0 Å². The van der Waals surface area contributed by atoms with Gasteiger partial charge in [-0.3, -0.25) is 0 Å². The van der Waals surface area contributed by atoms with Gasteiger partial charge in [0.1, 0.15) is 0 Å². The quantitative estimate of drug-likeness (QED) is 0.657. The Morgan fingerprint density at radius 2 is 1.29 bits per heavy atom. The van der Waals surface area contributed by atoms with E-state index in [4.69, 9.17) is 0 Å². The average molecular weight is 205 g/mol. The molecular weight excluding hydrogens is 192 g/mol. The van der Waals surface area contributed by atoms with E-state index in [-0.39, 0.29) is 12.4 Å². The van der Waals surface area contributed by atoms with Crippen LogP contribution < -0.4 is 0 Å². The minimum atomic E-state index is 0. The van der Waals surface area contributed by atoms with Crippen LogP contribution in [0, 0.1) is 6.92 Å². The SMILES string of the molecule is Cc1ccccc1-c1ccccc1.Cl. The summed E-state index contributed by atoms with van der Waals surface area (Å²) in [7, 11) is 0. The molecule has 0 aromatic heterocycles. The van der Waals surface area contributed by atoms with E-state index in [2.05, 4.69) is 55.5 Å². The summed E-state index contributed by atoms with van der Waals surface area (Å²) < 4.78 is 0. The van der Waals surface area contributed by atoms with Gasteiger partial charge in [0.15, 0.2) is 0 Å². The number of benzene rings is 2. The summed E-state index contributed by atoms with van der Waals surface area (Å²) in [6.07, 6.45) is 0. The molecular formula is C13H13Cl. The zero-order valence-corrected chi connectivity index (χ0v) is 8.92. The number of halogens is 1. The van der Waals surface area contributed by atoms with E-state index in [1.165, 1.54) is 16.7 Å². The van der Waals surface area contributed by atoms with Crippen molar-refractivity contribution in [2.75, 3.05) is 0 Å². The van der Waals surface area contributed by atoms with Crippen LogP contribution in [-0.2, 0) is 0 Å². The average Bonchev–Trinajstić information content (AvgIpc) is 2.20. The highest BCUT2D eigenvalue weighted by molar-refractivity contribution is 5.85. The maximum absolute atomic E-state index is 2.16. The molecule has 14 heavy (non-hydrogen) atoms. The fourth-order valence-corrected chi connectivity index (χ4v) is 1.51. The summed E-state index contributed by atoms with van der Waals surface area (Å²) in [4.78, 5) is 0. The highest BCUT2D eigenvalue weighted by atomic mass is 35.5. The topological polar surface area (TPSA) is 0 Å². The van der Waals surface area contributed by atoms with E-state index in [1.54, 1.807) is 0 Å². The van der Waals surface area contributed by atoms with Gasteiger partial charge in [-0.25, -0.2) is 0 Å². The Morgan fingerprint density at radius 3 is 1.93 bits per heavy atom. The second-order valence-electron chi connectivity index (χ2n) is 3.18. The number of aryl methyl sites for hydroxylation is 1. The molecule has 0 radical (unpaired) electrons. The van der Waals surface area contributed by atoms with Gasteiger partial charge in [0, 0.05) is 0 Å². The van der Waals surface area contributed by atoms with Crippen molar-refractivity contribution in [2.24, 2.45) is 0 Å². The van der Waals surface area contributed by atoms with Crippen molar-refractivity contribution < 1.29 is 0 Å². The van der Waals surface area contributed by atoms with Crippen LogP contribution >= 0.6 is 12.4 Å². The third-order valence-corrected chi connectivity index (χ3v) is 2.23. The van der Waals surface area contributed by atoms with Crippen molar-refractivity contribution in [3.63, 3.8) is 0 Å². The second-order valence-corrected chi connectivity index (χ2v) is 3.18. The Hall–Kier alpha value is -1.27. The maximum atomic E-state index is 2.16. The minimum Gasteiger partial charge on any atom is -0.147 e. The van der Waals surface area contributed by atoms with E-state index in [0.29, 0.717) is 0 Å². The van der Waals surface area contributed by atoms with Gasteiger partial charge < -0.3 is 0 Å². The molecule has 2 rings (SSSR count). The molecule has 0 saturated carbocycles. The van der Waals surface area contributed by atoms with E-state index in [0.717, 1.165) is 0 Å². The van der Waals surface area contributed by atoms with Crippen LogP contribution in [0.2, 0.25) is 0 Å². The molecule has 0 heterocycles. The lowest BCUT2D eigenvalue weighted by Crippen LogP contribution is -1.80. The van der Waals surface area contributed by atoms with Gasteiger partial charge in [0.05, 0.1) is 0 Å². The lowest BCUT2D eigenvalue weighted by atomic mass is 10.0. The van der Waals surface area contributed by atoms with Crippen LogP contribution in [0.3, 0.4) is 0 Å². The lowest BCUT2D eigenvalue weighted by molar-refractivity contribution is 1.46. The van der Waals surface area contributed by atoms with E-state index in [9.17, 15) is 0 Å². The van der Waals surface area contributed by atoms with Crippen molar-refractivity contribution in [2.45, 2.75) is 6.92 Å². The molecule has 0 aliphatic rings. The smallest absolute Gasteiger partial charge is 0.0155 e. The minimum absolute atomic E-state index is 0. The first-order chi connectivity index (χ1) is 6.38. The van der Waals surface area contributed by atoms with Crippen molar-refractivity contribution >= 4 is 12.4 Å². The predicted molar refractivity (Wildman–Crippen MR) is 63.9 cm³/mol. The Balaban J connectivity index is 0.000000980. The van der Waals surface area contributed by atoms with Gasteiger partial charge in [-0.15, -0.1) is 12.4 Å². The van der Waals surface area contributed by atoms with Gasteiger partial charge in [-0.1, -0.05) is 54.6 Å². The standard InChI is InChI=1S/C13H12.ClH/c1-11-7-5-6-10-13(11)12-8-3-2-4-9-12;/h2-10H,1H3;1H. The zero-order chi connectivity index (χ0) is 9.10. The van der Waals surface area contributed by atoms with Crippen LogP contribution in [0.5, 0.6) is 0 Å². The van der Waals surface area contributed by atoms with Crippen molar-refractivity contribution in [3.05, 3.63) is 60.2 Å². The summed E-state index contributed by atoms with van der Waals surface area (Å²) in [5.41, 5.74) is 3.94. The first kappa shape index (κ1) is 10.8. The fourth-order valence-electron chi connectivity index (χ4n) is 1.51. The van der Waals surface area contributed by atoms with Crippen molar-refractivity contribution in [3.8, 4) is 11.1 Å². The molecule has 0 spiro atoms. The first-order valence-electron chi connectivity index (χ1n) is 4.49. The number of hydrogen-bond acceptors (Lipinski definition) is 0. The lowest BCUT2D eigenvalue weighted by Gasteiger charge is -2.04. The van der Waals surface area contributed by atoms with Gasteiger partial charge in [0.2, 0.25) is 0 Å². The fraction of sp³-hybridized carbons (Fsp3) is 0.0769. The van der Waals surface area contributed by atoms with Gasteiger partial charge in [-0.05, 0) is 23.6 Å². The summed E-state index contributed by atoms with van der Waals surface area (Å²) in [5, 5.41) is 0. The maximum Gasteiger partial charge on any atom is -0.0155 e. The molecule has 72 valence electrons. The van der Waals surface area contributed by atoms with Crippen molar-refractivity contribution in [1.29, 1.82) is 0 Å². The second kappa shape index (κ2) is 4.83. The normalized spacial score (nSPS) is 9.21. The zero-order valence-electron chi connectivity index (χ0n) is 8.10. The van der Waals surface area contributed by atoms with Crippen LogP contribution in [-0.4, -0.2) is 0 Å². The highest BCUT2D eigenvalue weighted by Crippen LogP contribution is 2.21. The molecule has 2 aromatic carbocycles. The Labute approximate surface area is 91.0 Å². The molecule has 2 aromatic rings. The molecule has 0 nitrogen and oxygen atoms in total. The molecule has 0 unspecified atom stereocenters.